The number of aromatic nitrogens is 5. The largest absolute Gasteiger partial charge is 0.309 e. The molecular weight excluding hydrogens is 755 g/mol. The van der Waals surface area contributed by atoms with Gasteiger partial charge in [-0.1, -0.05) is 161 Å². The topological polar surface area (TPSA) is 48.5 Å². The number of hydrogen-bond acceptors (Lipinski definition) is 3. The van der Waals surface area contributed by atoms with Crippen molar-refractivity contribution in [3.05, 3.63) is 187 Å². The molecule has 0 bridgehead atoms. The fraction of sp³-hybridized carbons (Fsp3) is 0.140. The van der Waals surface area contributed by atoms with Crippen LogP contribution in [0.2, 0.25) is 0 Å². The van der Waals surface area contributed by atoms with E-state index in [9.17, 15) is 0 Å². The molecule has 0 saturated carbocycles. The van der Waals surface area contributed by atoms with Crippen LogP contribution in [0, 0.1) is 0 Å². The highest BCUT2D eigenvalue weighted by Crippen LogP contribution is 2.50. The Bertz CT molecular complexity index is 3590. The average Bonchev–Trinajstić information content (AvgIpc) is 3.83. The molecule has 0 spiro atoms. The van der Waals surface area contributed by atoms with Crippen molar-refractivity contribution in [3.63, 3.8) is 0 Å². The van der Waals surface area contributed by atoms with E-state index in [4.69, 9.17) is 15.0 Å². The van der Waals surface area contributed by atoms with Gasteiger partial charge in [-0.05, 0) is 99.2 Å². The minimum atomic E-state index is 0.0841. The molecule has 0 radical (unpaired) electrons. The second kappa shape index (κ2) is 13.6. The molecular formula is C57H45N5. The summed E-state index contributed by atoms with van der Waals surface area (Å²) in [4.78, 5) is 15.7. The molecule has 0 atom stereocenters. The number of rotatable bonds is 5. The van der Waals surface area contributed by atoms with Gasteiger partial charge in [-0.3, -0.25) is 4.57 Å². The third-order valence-electron chi connectivity index (χ3n) is 13.6. The van der Waals surface area contributed by atoms with Crippen molar-refractivity contribution in [2.24, 2.45) is 0 Å². The first-order valence-corrected chi connectivity index (χ1v) is 21.7. The van der Waals surface area contributed by atoms with E-state index < -0.39 is 0 Å². The van der Waals surface area contributed by atoms with Gasteiger partial charge in [0.05, 0.1) is 22.1 Å². The number of fused-ring (bicyclic) bond motifs is 9. The normalized spacial score (nSPS) is 14.6. The second-order valence-electron chi connectivity index (χ2n) is 18.3. The molecule has 0 saturated heterocycles. The molecule has 0 N–H and O–H groups in total. The highest BCUT2D eigenvalue weighted by Gasteiger charge is 2.38. The Balaban J connectivity index is 1.10. The summed E-state index contributed by atoms with van der Waals surface area (Å²) in [6, 6.07) is 63.3. The second-order valence-corrected chi connectivity index (χ2v) is 18.3. The SMILES string of the molecule is CC1(C)CCC(C)(C)c2c(-c3cccc(-n4c5ccccc5c5c6c7ccccc7n(-c7nc(-c8ccccc8)nc(-c8ccc9ccccc9c8)n7)c6ccc54)c3)cccc21. The average molecular weight is 800 g/mol. The number of hydrogen-bond donors (Lipinski definition) is 0. The van der Waals surface area contributed by atoms with Crippen LogP contribution in [0.25, 0.3) is 99.9 Å². The molecule has 1 aliphatic carbocycles. The first kappa shape index (κ1) is 36.5. The van der Waals surface area contributed by atoms with Crippen LogP contribution < -0.4 is 0 Å². The standard InChI is InChI=1S/C57H45N5/c1-56(2)32-33-57(3,4)52-42(24-15-25-45(52)56)39-20-14-21-41(35-39)61-46-26-12-10-22-43(46)50-48(61)30-31-49-51(50)44-23-11-13-27-47(44)62(49)55-59-53(37-17-6-5-7-18-37)58-54(60-55)40-29-28-36-16-8-9-19-38(36)34-40/h5-31,34-35H,32-33H2,1-4H3. The Morgan fingerprint density at radius 3 is 1.77 bits per heavy atom. The summed E-state index contributed by atoms with van der Waals surface area (Å²) >= 11 is 0. The van der Waals surface area contributed by atoms with E-state index in [2.05, 4.69) is 195 Å². The summed E-state index contributed by atoms with van der Waals surface area (Å²) in [5.74, 6) is 1.85. The third-order valence-corrected chi connectivity index (χ3v) is 13.6. The van der Waals surface area contributed by atoms with Gasteiger partial charge in [0.2, 0.25) is 5.95 Å². The summed E-state index contributed by atoms with van der Waals surface area (Å²) in [7, 11) is 0. The van der Waals surface area contributed by atoms with Crippen LogP contribution in [0.15, 0.2) is 176 Å². The van der Waals surface area contributed by atoms with E-state index in [0.29, 0.717) is 17.6 Å². The van der Waals surface area contributed by atoms with Gasteiger partial charge in [0.15, 0.2) is 11.6 Å². The molecule has 5 nitrogen and oxygen atoms in total. The molecule has 11 aromatic rings. The van der Waals surface area contributed by atoms with E-state index in [1.54, 1.807) is 0 Å². The number of nitrogens with zero attached hydrogens (tertiary/aromatic N) is 5. The Hall–Kier alpha value is -7.37. The lowest BCUT2D eigenvalue weighted by Crippen LogP contribution is -2.34. The minimum absolute atomic E-state index is 0.0841. The van der Waals surface area contributed by atoms with Crippen molar-refractivity contribution in [1.29, 1.82) is 0 Å². The lowest BCUT2D eigenvalue weighted by molar-refractivity contribution is 0.333. The maximum absolute atomic E-state index is 5.30. The van der Waals surface area contributed by atoms with Crippen LogP contribution >= 0.6 is 0 Å². The Morgan fingerprint density at radius 1 is 0.419 bits per heavy atom. The zero-order chi connectivity index (χ0) is 41.7. The van der Waals surface area contributed by atoms with Crippen LogP contribution in [0.4, 0.5) is 0 Å². The third kappa shape index (κ3) is 5.58. The molecule has 3 aromatic heterocycles. The van der Waals surface area contributed by atoms with E-state index in [-0.39, 0.29) is 10.8 Å². The molecule has 0 unspecified atom stereocenters. The smallest absolute Gasteiger partial charge is 0.238 e. The molecule has 5 heteroatoms. The predicted octanol–water partition coefficient (Wildman–Crippen LogP) is 14.6. The maximum Gasteiger partial charge on any atom is 0.238 e. The van der Waals surface area contributed by atoms with Gasteiger partial charge in [-0.2, -0.15) is 9.97 Å². The molecule has 12 rings (SSSR count). The molecule has 8 aromatic carbocycles. The van der Waals surface area contributed by atoms with E-state index >= 15 is 0 Å². The minimum Gasteiger partial charge on any atom is -0.309 e. The fourth-order valence-electron chi connectivity index (χ4n) is 10.4. The summed E-state index contributed by atoms with van der Waals surface area (Å²) in [5.41, 5.74) is 13.2. The van der Waals surface area contributed by atoms with Gasteiger partial charge >= 0.3 is 0 Å². The van der Waals surface area contributed by atoms with Gasteiger partial charge in [0.25, 0.3) is 0 Å². The lowest BCUT2D eigenvalue weighted by Gasteiger charge is -2.43. The first-order valence-electron chi connectivity index (χ1n) is 21.7. The quantitative estimate of drug-likeness (QED) is 0.174. The molecule has 62 heavy (non-hydrogen) atoms. The highest BCUT2D eigenvalue weighted by atomic mass is 15.2. The predicted molar refractivity (Wildman–Crippen MR) is 258 cm³/mol. The van der Waals surface area contributed by atoms with Gasteiger partial charge in [-0.15, -0.1) is 0 Å². The van der Waals surface area contributed by atoms with Crippen LogP contribution in [0.1, 0.15) is 51.7 Å². The van der Waals surface area contributed by atoms with Crippen LogP contribution in [0.5, 0.6) is 0 Å². The van der Waals surface area contributed by atoms with Crippen molar-refractivity contribution in [1.82, 2.24) is 24.1 Å². The van der Waals surface area contributed by atoms with Crippen molar-refractivity contribution in [2.75, 3.05) is 0 Å². The van der Waals surface area contributed by atoms with E-state index in [0.717, 1.165) is 44.1 Å². The summed E-state index contributed by atoms with van der Waals surface area (Å²) in [6.45, 7) is 9.66. The van der Waals surface area contributed by atoms with Crippen molar-refractivity contribution < 1.29 is 0 Å². The van der Waals surface area contributed by atoms with Gasteiger partial charge in [0, 0.05) is 38.4 Å². The molecule has 0 aliphatic heterocycles. The number of para-hydroxylation sites is 2. The zero-order valence-electron chi connectivity index (χ0n) is 35.4. The summed E-state index contributed by atoms with van der Waals surface area (Å²) in [6.07, 6.45) is 2.36. The van der Waals surface area contributed by atoms with Gasteiger partial charge in [0.1, 0.15) is 0 Å². The number of benzene rings is 8. The van der Waals surface area contributed by atoms with Gasteiger partial charge < -0.3 is 4.57 Å². The maximum atomic E-state index is 5.30. The van der Waals surface area contributed by atoms with Gasteiger partial charge in [-0.25, -0.2) is 4.98 Å². The van der Waals surface area contributed by atoms with Crippen molar-refractivity contribution >= 4 is 54.4 Å². The summed E-state index contributed by atoms with van der Waals surface area (Å²) < 4.78 is 4.69. The van der Waals surface area contributed by atoms with Crippen molar-refractivity contribution in [2.45, 2.75) is 51.4 Å². The van der Waals surface area contributed by atoms with Crippen LogP contribution in [-0.2, 0) is 10.8 Å². The van der Waals surface area contributed by atoms with Crippen LogP contribution in [0.3, 0.4) is 0 Å². The molecule has 0 amide bonds. The van der Waals surface area contributed by atoms with Crippen molar-refractivity contribution in [3.8, 4) is 45.5 Å². The molecule has 3 heterocycles. The Labute approximate surface area is 361 Å². The van der Waals surface area contributed by atoms with E-state index in [1.165, 1.54) is 62.2 Å². The fourth-order valence-corrected chi connectivity index (χ4v) is 10.4. The lowest BCUT2D eigenvalue weighted by atomic mass is 9.61. The monoisotopic (exact) mass is 799 g/mol. The highest BCUT2D eigenvalue weighted by molar-refractivity contribution is 6.28. The summed E-state index contributed by atoms with van der Waals surface area (Å²) in [5, 5.41) is 7.08. The van der Waals surface area contributed by atoms with E-state index in [1.807, 2.05) is 18.2 Å². The Morgan fingerprint density at radius 2 is 1.02 bits per heavy atom. The molecule has 0 fully saturated rings. The first-order chi connectivity index (χ1) is 30.2. The molecule has 1 aliphatic rings. The zero-order valence-corrected chi connectivity index (χ0v) is 35.4. The Kier molecular flexibility index (Phi) is 7.98. The van der Waals surface area contributed by atoms with Crippen LogP contribution in [-0.4, -0.2) is 24.1 Å². The molecule has 298 valence electrons.